The summed E-state index contributed by atoms with van der Waals surface area (Å²) in [6.45, 7) is 3.90. The third kappa shape index (κ3) is 4.32. The number of H-pyrrole nitrogens is 1. The summed E-state index contributed by atoms with van der Waals surface area (Å²) in [4.78, 5) is 30.8. The Bertz CT molecular complexity index is 1800. The van der Waals surface area contributed by atoms with Crippen molar-refractivity contribution in [3.8, 4) is 22.7 Å². The van der Waals surface area contributed by atoms with Crippen molar-refractivity contribution in [1.29, 1.82) is 0 Å². The van der Waals surface area contributed by atoms with Crippen LogP contribution in [0.15, 0.2) is 76.9 Å². The number of para-hydroxylation sites is 1. The fraction of sp³-hybridized carbons (Fsp3) is 0.133. The average molecular weight is 541 g/mol. The van der Waals surface area contributed by atoms with Gasteiger partial charge in [-0.05, 0) is 54.8 Å². The van der Waals surface area contributed by atoms with Gasteiger partial charge in [0.05, 0.1) is 16.2 Å². The van der Waals surface area contributed by atoms with Crippen LogP contribution in [0.1, 0.15) is 40.7 Å². The molecular weight excluding hydrogens is 519 g/mol. The highest BCUT2D eigenvalue weighted by Crippen LogP contribution is 2.36. The molecule has 2 N–H and O–H groups in total. The van der Waals surface area contributed by atoms with Gasteiger partial charge in [0.25, 0.3) is 5.91 Å². The van der Waals surface area contributed by atoms with Crippen LogP contribution >= 0.6 is 11.6 Å². The normalized spacial score (nSPS) is 14.8. The van der Waals surface area contributed by atoms with Gasteiger partial charge >= 0.3 is 0 Å². The lowest BCUT2D eigenvalue weighted by atomic mass is 9.81. The molecule has 39 heavy (non-hydrogen) atoms. The number of Topliss-reactive ketones (excluding diaryl/α,β-unsaturated/α-hetero) is 1. The lowest BCUT2D eigenvalue weighted by Crippen LogP contribution is -2.25. The number of oxazole rings is 1. The molecule has 1 aliphatic carbocycles. The molecule has 0 bridgehead atoms. The maximum atomic E-state index is 14.1. The summed E-state index contributed by atoms with van der Waals surface area (Å²) in [6.07, 6.45) is 3.98. The number of hydrogen-bond donors (Lipinski definition) is 2. The van der Waals surface area contributed by atoms with Gasteiger partial charge in [0, 0.05) is 28.9 Å². The Balaban J connectivity index is 1.24. The smallest absolute Gasteiger partial charge is 0.259 e. The fourth-order valence-corrected chi connectivity index (χ4v) is 5.05. The number of carbonyl (C=O) groups excluding carboxylic acids is 2. The molecular formula is C30H22ClFN4O3. The summed E-state index contributed by atoms with van der Waals surface area (Å²) >= 11 is 5.94. The lowest BCUT2D eigenvalue weighted by Gasteiger charge is -2.23. The third-order valence-electron chi connectivity index (χ3n) is 6.94. The van der Waals surface area contributed by atoms with E-state index in [1.165, 1.54) is 6.07 Å². The Morgan fingerprint density at radius 2 is 1.95 bits per heavy atom. The molecule has 0 spiro atoms. The molecule has 1 atom stereocenters. The molecule has 7 nitrogen and oxygen atoms in total. The highest BCUT2D eigenvalue weighted by Gasteiger charge is 2.31. The topological polar surface area (TPSA) is 101 Å². The third-order valence-corrected chi connectivity index (χ3v) is 7.23. The monoisotopic (exact) mass is 540 g/mol. The first-order valence-electron chi connectivity index (χ1n) is 12.4. The maximum Gasteiger partial charge on any atom is 0.259 e. The molecule has 0 saturated carbocycles. The Morgan fingerprint density at radius 1 is 1.15 bits per heavy atom. The molecule has 0 radical (unpaired) electrons. The average Bonchev–Trinajstić information content (AvgIpc) is 3.59. The fourth-order valence-electron chi connectivity index (χ4n) is 4.88. The number of aryl methyl sites for hydroxylation is 1. The minimum atomic E-state index is -0.693. The van der Waals surface area contributed by atoms with E-state index in [9.17, 15) is 14.0 Å². The number of fused-ring (bicyclic) bond motifs is 2. The first kappa shape index (κ1) is 24.8. The zero-order valence-electron chi connectivity index (χ0n) is 21.0. The number of benzene rings is 3. The Hall–Kier alpha value is -4.56. The second-order valence-corrected chi connectivity index (χ2v) is 9.80. The van der Waals surface area contributed by atoms with Gasteiger partial charge < -0.3 is 9.73 Å². The summed E-state index contributed by atoms with van der Waals surface area (Å²) < 4.78 is 20.1. The Kier molecular flexibility index (Phi) is 6.12. The minimum absolute atomic E-state index is 0.0269. The van der Waals surface area contributed by atoms with Gasteiger partial charge in [-0.15, -0.1) is 0 Å². The largest absolute Gasteiger partial charge is 0.436 e. The van der Waals surface area contributed by atoms with Crippen LogP contribution in [0, 0.1) is 12.7 Å². The number of aromatic nitrogens is 3. The van der Waals surface area contributed by atoms with Crippen molar-refractivity contribution >= 4 is 40.1 Å². The van der Waals surface area contributed by atoms with Gasteiger partial charge in [0.15, 0.2) is 11.4 Å². The van der Waals surface area contributed by atoms with E-state index in [-0.39, 0.29) is 22.1 Å². The number of halogens is 2. The summed E-state index contributed by atoms with van der Waals surface area (Å²) in [6, 6.07) is 15.4. The number of nitrogens with one attached hydrogen (secondary N) is 2. The van der Waals surface area contributed by atoms with E-state index >= 15 is 0 Å². The minimum Gasteiger partial charge on any atom is -0.436 e. The van der Waals surface area contributed by atoms with Gasteiger partial charge in [0.2, 0.25) is 5.89 Å². The second-order valence-electron chi connectivity index (χ2n) is 9.40. The van der Waals surface area contributed by atoms with Crippen molar-refractivity contribution in [1.82, 2.24) is 15.2 Å². The van der Waals surface area contributed by atoms with E-state index in [1.54, 1.807) is 24.4 Å². The number of hydrogen-bond acceptors (Lipinski definition) is 5. The molecule has 9 heteroatoms. The number of ketones is 1. The first-order valence-corrected chi connectivity index (χ1v) is 12.8. The van der Waals surface area contributed by atoms with Crippen LogP contribution in [-0.4, -0.2) is 26.9 Å². The highest BCUT2D eigenvalue weighted by atomic mass is 35.5. The molecule has 2 heterocycles. The summed E-state index contributed by atoms with van der Waals surface area (Å²) in [5, 5.41) is 9.98. The van der Waals surface area contributed by atoms with E-state index in [0.29, 0.717) is 40.4 Å². The van der Waals surface area contributed by atoms with Gasteiger partial charge in [-0.25, -0.2) is 9.37 Å². The zero-order valence-corrected chi connectivity index (χ0v) is 21.8. The molecule has 194 valence electrons. The SMILES string of the molecule is CCC1C=C(C(=O)Nc2ccc(-c3n[nH]cc3-c3nc4c(C)cccc4o3)cc2)C(=O)c2cc(F)c(Cl)cc21. The molecule has 3 aromatic carbocycles. The van der Waals surface area contributed by atoms with E-state index in [0.717, 1.165) is 22.7 Å². The van der Waals surface area contributed by atoms with Gasteiger partial charge in [-0.1, -0.05) is 48.9 Å². The van der Waals surface area contributed by atoms with Crippen LogP contribution < -0.4 is 5.32 Å². The van der Waals surface area contributed by atoms with Crippen LogP contribution in [0.25, 0.3) is 33.8 Å². The summed E-state index contributed by atoms with van der Waals surface area (Å²) in [5.74, 6) is -1.57. The highest BCUT2D eigenvalue weighted by molar-refractivity contribution is 6.32. The summed E-state index contributed by atoms with van der Waals surface area (Å²) in [7, 11) is 0. The standard InChI is InChI=1S/C30H22ClFN4O3/c1-3-16-11-21(28(37)20-13-24(32)23(31)12-19(16)20)29(38)34-18-9-7-17(8-10-18)27-22(14-33-36-27)30-35-26-15(2)5-4-6-25(26)39-30/h4-14,16H,3H2,1-2H3,(H,33,36)(H,34,38). The summed E-state index contributed by atoms with van der Waals surface area (Å²) in [5.41, 5.74) is 5.89. The molecule has 0 fully saturated rings. The van der Waals surface area contributed by atoms with E-state index in [1.807, 2.05) is 44.2 Å². The molecule has 6 rings (SSSR count). The molecule has 2 aromatic heterocycles. The Morgan fingerprint density at radius 3 is 2.69 bits per heavy atom. The number of carbonyl (C=O) groups is 2. The van der Waals surface area contributed by atoms with Gasteiger partial charge in [0.1, 0.15) is 17.0 Å². The quantitative estimate of drug-likeness (QED) is 0.229. The molecule has 1 aliphatic rings. The first-order chi connectivity index (χ1) is 18.8. The van der Waals surface area contributed by atoms with Crippen LogP contribution in [0.2, 0.25) is 5.02 Å². The predicted octanol–water partition coefficient (Wildman–Crippen LogP) is 7.24. The lowest BCUT2D eigenvalue weighted by molar-refractivity contribution is -0.112. The molecule has 1 amide bonds. The van der Waals surface area contributed by atoms with Crippen molar-refractivity contribution in [2.24, 2.45) is 0 Å². The zero-order chi connectivity index (χ0) is 27.3. The number of amides is 1. The van der Waals surface area contributed by atoms with Crippen LogP contribution in [0.3, 0.4) is 0 Å². The van der Waals surface area contributed by atoms with E-state index in [4.69, 9.17) is 16.0 Å². The molecule has 1 unspecified atom stereocenters. The number of rotatable bonds is 5. The van der Waals surface area contributed by atoms with Crippen molar-refractivity contribution < 1.29 is 18.4 Å². The predicted molar refractivity (Wildman–Crippen MR) is 147 cm³/mol. The number of allylic oxidation sites excluding steroid dienone is 1. The molecule has 0 aliphatic heterocycles. The van der Waals surface area contributed by atoms with Gasteiger partial charge in [-0.2, -0.15) is 5.10 Å². The maximum absolute atomic E-state index is 14.1. The van der Waals surface area contributed by atoms with Crippen LogP contribution in [0.4, 0.5) is 10.1 Å². The number of anilines is 1. The number of aromatic amines is 1. The van der Waals surface area contributed by atoms with Gasteiger partial charge in [-0.3, -0.25) is 14.7 Å². The second kappa shape index (κ2) is 9.63. The Labute approximate surface area is 227 Å². The molecule has 5 aromatic rings. The van der Waals surface area contributed by atoms with Crippen molar-refractivity contribution in [2.45, 2.75) is 26.2 Å². The van der Waals surface area contributed by atoms with Crippen LogP contribution in [0.5, 0.6) is 0 Å². The van der Waals surface area contributed by atoms with Crippen molar-refractivity contribution in [3.05, 3.63) is 100.0 Å². The van der Waals surface area contributed by atoms with Crippen LogP contribution in [-0.2, 0) is 4.79 Å². The van der Waals surface area contributed by atoms with E-state index < -0.39 is 17.5 Å². The van der Waals surface area contributed by atoms with Crippen molar-refractivity contribution in [2.75, 3.05) is 5.32 Å². The number of nitrogens with zero attached hydrogens (tertiary/aromatic N) is 2. The molecule has 0 saturated heterocycles. The van der Waals surface area contributed by atoms with Crippen molar-refractivity contribution in [3.63, 3.8) is 0 Å². The van der Waals surface area contributed by atoms with E-state index in [2.05, 4.69) is 20.5 Å².